The first-order chi connectivity index (χ1) is 8.81. The largest absolute Gasteiger partial charge is 0.336 e. The molecule has 1 N–H and O–H groups in total. The minimum absolute atomic E-state index is 0.341. The number of nitrogens with one attached hydrogen (secondary N) is 1. The minimum Gasteiger partial charge on any atom is -0.336 e. The molecule has 2 fully saturated rings. The summed E-state index contributed by atoms with van der Waals surface area (Å²) in [6.07, 6.45) is 9.79. The summed E-state index contributed by atoms with van der Waals surface area (Å²) in [6.45, 7) is 6.73. The zero-order valence-corrected chi connectivity index (χ0v) is 11.4. The topological polar surface area (TPSA) is 32.3 Å². The maximum absolute atomic E-state index is 12.3. The van der Waals surface area contributed by atoms with Crippen LogP contribution in [0.15, 0.2) is 12.7 Å². The van der Waals surface area contributed by atoms with Crippen LogP contribution >= 0.6 is 0 Å². The Morgan fingerprint density at radius 1 is 1.33 bits per heavy atom. The van der Waals surface area contributed by atoms with Crippen LogP contribution < -0.4 is 5.32 Å². The number of nitrogens with zero attached hydrogens (tertiary/aromatic N) is 1. The van der Waals surface area contributed by atoms with Gasteiger partial charge in [0.2, 0.25) is 5.91 Å². The molecule has 1 amide bonds. The van der Waals surface area contributed by atoms with Crippen molar-refractivity contribution in [3.8, 4) is 0 Å². The molecule has 2 aliphatic rings. The van der Waals surface area contributed by atoms with Crippen molar-refractivity contribution in [3.05, 3.63) is 12.7 Å². The van der Waals surface area contributed by atoms with Gasteiger partial charge in [-0.2, -0.15) is 0 Å². The number of carbonyl (C=O) groups excluding carboxylic acids is 1. The van der Waals surface area contributed by atoms with Crippen LogP contribution in [0, 0.1) is 5.92 Å². The average Bonchev–Trinajstić information content (AvgIpc) is 3.05. The van der Waals surface area contributed by atoms with Crippen molar-refractivity contribution >= 4 is 5.91 Å². The van der Waals surface area contributed by atoms with E-state index < -0.39 is 0 Å². The van der Waals surface area contributed by atoms with Gasteiger partial charge in [0.1, 0.15) is 0 Å². The van der Waals surface area contributed by atoms with E-state index in [4.69, 9.17) is 0 Å². The molecule has 0 aromatic rings. The molecule has 2 rings (SSSR count). The second-order valence-corrected chi connectivity index (χ2v) is 5.67. The van der Waals surface area contributed by atoms with Gasteiger partial charge in [-0.05, 0) is 44.7 Å². The lowest BCUT2D eigenvalue weighted by molar-refractivity contribution is -0.133. The van der Waals surface area contributed by atoms with Gasteiger partial charge >= 0.3 is 0 Å². The molecule has 0 aromatic carbocycles. The molecule has 1 unspecified atom stereocenters. The number of hydrogen-bond donors (Lipinski definition) is 1. The van der Waals surface area contributed by atoms with Gasteiger partial charge in [-0.3, -0.25) is 4.79 Å². The SMILES string of the molecule is C=CCN(C(=O)CCC1CCNC1)C1CCCC1. The number of rotatable bonds is 6. The Balaban J connectivity index is 1.80. The Hall–Kier alpha value is -0.830. The first kappa shape index (κ1) is 13.6. The van der Waals surface area contributed by atoms with Crippen molar-refractivity contribution in [3.63, 3.8) is 0 Å². The maximum atomic E-state index is 12.3. The van der Waals surface area contributed by atoms with Gasteiger partial charge in [-0.15, -0.1) is 6.58 Å². The first-order valence-electron chi connectivity index (χ1n) is 7.42. The predicted molar refractivity (Wildman–Crippen MR) is 74.4 cm³/mol. The van der Waals surface area contributed by atoms with Crippen LogP contribution in [0.4, 0.5) is 0 Å². The van der Waals surface area contributed by atoms with Crippen LogP contribution in [0.25, 0.3) is 0 Å². The molecule has 0 aromatic heterocycles. The summed E-state index contributed by atoms with van der Waals surface area (Å²) in [6, 6.07) is 0.484. The molecule has 1 atom stereocenters. The molecule has 1 aliphatic carbocycles. The van der Waals surface area contributed by atoms with Crippen LogP contribution in [0.3, 0.4) is 0 Å². The molecule has 1 saturated heterocycles. The van der Waals surface area contributed by atoms with Gasteiger partial charge in [0.25, 0.3) is 0 Å². The molecule has 3 nitrogen and oxygen atoms in total. The van der Waals surface area contributed by atoms with Gasteiger partial charge < -0.3 is 10.2 Å². The third-order valence-corrected chi connectivity index (χ3v) is 4.34. The van der Waals surface area contributed by atoms with E-state index in [1.807, 2.05) is 6.08 Å². The predicted octanol–water partition coefficient (Wildman–Crippen LogP) is 2.33. The van der Waals surface area contributed by atoms with Gasteiger partial charge in [0, 0.05) is 19.0 Å². The summed E-state index contributed by atoms with van der Waals surface area (Å²) in [7, 11) is 0. The van der Waals surface area contributed by atoms with Crippen molar-refractivity contribution in [1.29, 1.82) is 0 Å². The minimum atomic E-state index is 0.341. The van der Waals surface area contributed by atoms with Crippen LogP contribution in [-0.4, -0.2) is 36.5 Å². The van der Waals surface area contributed by atoms with Crippen molar-refractivity contribution in [2.24, 2.45) is 5.92 Å². The van der Waals surface area contributed by atoms with Crippen molar-refractivity contribution in [2.75, 3.05) is 19.6 Å². The normalized spacial score (nSPS) is 24.3. The molecule has 3 heteroatoms. The zero-order chi connectivity index (χ0) is 12.8. The van der Waals surface area contributed by atoms with E-state index in [-0.39, 0.29) is 0 Å². The molecule has 1 saturated carbocycles. The van der Waals surface area contributed by atoms with Crippen molar-refractivity contribution in [2.45, 2.75) is 51.0 Å². The van der Waals surface area contributed by atoms with E-state index >= 15 is 0 Å². The summed E-state index contributed by atoms with van der Waals surface area (Å²) in [5.74, 6) is 1.05. The summed E-state index contributed by atoms with van der Waals surface area (Å²) in [5.41, 5.74) is 0. The quantitative estimate of drug-likeness (QED) is 0.734. The summed E-state index contributed by atoms with van der Waals surface area (Å²) in [5, 5.41) is 3.36. The summed E-state index contributed by atoms with van der Waals surface area (Å²) < 4.78 is 0. The maximum Gasteiger partial charge on any atom is 0.223 e. The van der Waals surface area contributed by atoms with Crippen molar-refractivity contribution < 1.29 is 4.79 Å². The van der Waals surface area contributed by atoms with Crippen LogP contribution in [0.5, 0.6) is 0 Å². The van der Waals surface area contributed by atoms with E-state index in [9.17, 15) is 4.79 Å². The lowest BCUT2D eigenvalue weighted by Gasteiger charge is -2.28. The first-order valence-corrected chi connectivity index (χ1v) is 7.42. The Bertz CT molecular complexity index is 278. The Morgan fingerprint density at radius 3 is 2.72 bits per heavy atom. The van der Waals surface area contributed by atoms with Gasteiger partial charge in [0.05, 0.1) is 0 Å². The fraction of sp³-hybridized carbons (Fsp3) is 0.800. The molecule has 0 radical (unpaired) electrons. The fourth-order valence-electron chi connectivity index (χ4n) is 3.24. The second kappa shape index (κ2) is 6.93. The molecular weight excluding hydrogens is 224 g/mol. The average molecular weight is 250 g/mol. The van der Waals surface area contributed by atoms with Gasteiger partial charge in [-0.25, -0.2) is 0 Å². The highest BCUT2D eigenvalue weighted by Crippen LogP contribution is 2.25. The molecule has 0 bridgehead atoms. The van der Waals surface area contributed by atoms with Gasteiger partial charge in [0.15, 0.2) is 0 Å². The number of carbonyl (C=O) groups is 1. The molecule has 1 aliphatic heterocycles. The molecule has 0 spiro atoms. The smallest absolute Gasteiger partial charge is 0.223 e. The van der Waals surface area contributed by atoms with Crippen molar-refractivity contribution in [1.82, 2.24) is 10.2 Å². The lowest BCUT2D eigenvalue weighted by Crippen LogP contribution is -2.39. The van der Waals surface area contributed by atoms with Crippen LogP contribution in [-0.2, 0) is 4.79 Å². The van der Waals surface area contributed by atoms with E-state index in [1.54, 1.807) is 0 Å². The molecule has 1 heterocycles. The van der Waals surface area contributed by atoms with E-state index in [0.29, 0.717) is 17.9 Å². The van der Waals surface area contributed by atoms with E-state index in [1.165, 1.54) is 32.1 Å². The number of hydrogen-bond acceptors (Lipinski definition) is 2. The summed E-state index contributed by atoms with van der Waals surface area (Å²) in [4.78, 5) is 14.4. The highest BCUT2D eigenvalue weighted by Gasteiger charge is 2.26. The lowest BCUT2D eigenvalue weighted by atomic mass is 10.0. The second-order valence-electron chi connectivity index (χ2n) is 5.67. The molecule has 18 heavy (non-hydrogen) atoms. The molecular formula is C15H26N2O. The monoisotopic (exact) mass is 250 g/mol. The Morgan fingerprint density at radius 2 is 2.11 bits per heavy atom. The Labute approximate surface area is 111 Å². The van der Waals surface area contributed by atoms with Crippen LogP contribution in [0.2, 0.25) is 0 Å². The third kappa shape index (κ3) is 3.58. The van der Waals surface area contributed by atoms with Crippen LogP contribution in [0.1, 0.15) is 44.9 Å². The van der Waals surface area contributed by atoms with E-state index in [0.717, 1.165) is 32.5 Å². The molecule has 102 valence electrons. The standard InChI is InChI=1S/C15H26N2O/c1-2-11-17(14-5-3-4-6-14)15(18)8-7-13-9-10-16-12-13/h2,13-14,16H,1,3-12H2. The highest BCUT2D eigenvalue weighted by atomic mass is 16.2. The summed E-state index contributed by atoms with van der Waals surface area (Å²) >= 11 is 0. The third-order valence-electron chi connectivity index (χ3n) is 4.34. The highest BCUT2D eigenvalue weighted by molar-refractivity contribution is 5.76. The van der Waals surface area contributed by atoms with E-state index in [2.05, 4.69) is 16.8 Å². The van der Waals surface area contributed by atoms with Gasteiger partial charge in [-0.1, -0.05) is 18.9 Å². The fourth-order valence-corrected chi connectivity index (χ4v) is 3.24. The Kier molecular flexibility index (Phi) is 5.24. The zero-order valence-electron chi connectivity index (χ0n) is 11.4. The number of amides is 1.